The first-order valence-corrected chi connectivity index (χ1v) is 53.8. The molecule has 0 aliphatic heterocycles. The molecule has 12 aromatic carbocycles. The third-order valence-corrected chi connectivity index (χ3v) is 30.4. The fourth-order valence-electron chi connectivity index (χ4n) is 11.1. The normalized spacial score (nSPS) is 11.7. The highest BCUT2D eigenvalue weighted by Crippen LogP contribution is 2.39. The molecule has 0 aliphatic carbocycles. The van der Waals surface area contributed by atoms with Crippen molar-refractivity contribution in [1.82, 2.24) is 0 Å². The summed E-state index contributed by atoms with van der Waals surface area (Å²) >= 11 is 0. The van der Waals surface area contributed by atoms with E-state index in [2.05, 4.69) is 387 Å². The van der Waals surface area contributed by atoms with Crippen LogP contribution in [0.1, 0.15) is 81.7 Å². The van der Waals surface area contributed by atoms with E-state index in [4.69, 9.17) is 9.47 Å². The number of carbonyl (C=O) groups excluding carboxylic acids is 4. The zero-order chi connectivity index (χ0) is 110. The molecule has 0 saturated heterocycles. The molecular formula is C106H107F8NO24S8. The van der Waals surface area contributed by atoms with Crippen molar-refractivity contribution in [2.45, 2.75) is 173 Å². The maximum absolute atomic E-state index is 12.3. The summed E-state index contributed by atoms with van der Waals surface area (Å²) in [6.07, 6.45) is 1.13. The summed E-state index contributed by atoms with van der Waals surface area (Å²) in [5, 5.41) is -7.61. The van der Waals surface area contributed by atoms with Gasteiger partial charge in [-0.05, 0) is 224 Å². The van der Waals surface area contributed by atoms with Crippen molar-refractivity contribution >= 4 is 114 Å². The summed E-state index contributed by atoms with van der Waals surface area (Å²) in [6, 6.07) is 118. The Morgan fingerprint density at radius 1 is 0.299 bits per heavy atom. The van der Waals surface area contributed by atoms with Crippen molar-refractivity contribution in [3.8, 4) is 11.5 Å². The fraction of sp³-hybridized carbons (Fsp3) is 0.208. The molecular weight excluding hydrogens is 2080 g/mol. The van der Waals surface area contributed by atoms with Gasteiger partial charge in [0.25, 0.3) is 5.69 Å². The summed E-state index contributed by atoms with van der Waals surface area (Å²) in [6.45, 7) is 26.3. The van der Waals surface area contributed by atoms with Crippen LogP contribution in [0.4, 0.5) is 40.8 Å². The van der Waals surface area contributed by atoms with Gasteiger partial charge >= 0.3 is 44.9 Å². The number of hydrogen-bond acceptors (Lipinski definition) is 24. The van der Waals surface area contributed by atoms with Crippen LogP contribution in [-0.4, -0.2) is 139 Å². The lowest BCUT2D eigenvalue weighted by Crippen LogP contribution is -2.34. The Labute approximate surface area is 862 Å². The standard InChI is InChI=1S/2C22H23OS.C22H23S.C18H14NO2S.2C6H8F2O5S.2C5H6F2O5S/c2*1-22(2,3)23-18-14-16-21(17-15-18)24(19-10-6-4-7-11-19)20-12-8-5-9-13-20;1-22(2,3)18-14-16-21(17-15-18)23(19-10-6-4-7-11-19)20-12-8-5-9-13-20;20-19(21)15-11-13-18(14-12-15)22(16-7-3-1-4-8-16)17-9-5-2-6-10-17;2*1-4(2)5(9)13-3-6(7,8)14(10,11)12;2*1-2-4(8)12-3-5(6,7)13(9,10)11/h2*4-17H,1-3H3;4-17H,1-3H3;1-14H;2*1,3H2,2H3,(H,10,11,12);2*2H,1,3H2,(H,9,10,11)/q4*+1;;;;/p-4. The van der Waals surface area contributed by atoms with E-state index in [0.29, 0.717) is 12.2 Å². The van der Waals surface area contributed by atoms with Crippen LogP contribution < -0.4 is 9.47 Å². The van der Waals surface area contributed by atoms with Crippen LogP contribution in [0.5, 0.6) is 11.5 Å². The fourth-order valence-corrected chi connectivity index (χ4v) is 20.3. The van der Waals surface area contributed by atoms with Crippen molar-refractivity contribution in [3.05, 3.63) is 405 Å². The quantitative estimate of drug-likeness (QED) is 0.00569. The van der Waals surface area contributed by atoms with E-state index in [-0.39, 0.29) is 82.0 Å². The molecule has 12 rings (SSSR count). The van der Waals surface area contributed by atoms with Gasteiger partial charge in [0, 0.05) is 47.6 Å². The van der Waals surface area contributed by atoms with Gasteiger partial charge in [0.15, 0.2) is 126 Å². The molecule has 0 bridgehead atoms. The summed E-state index contributed by atoms with van der Waals surface area (Å²) in [5.74, 6) is -3.01. The molecule has 0 fully saturated rings. The summed E-state index contributed by atoms with van der Waals surface area (Å²) in [7, 11) is -23.7. The van der Waals surface area contributed by atoms with Crippen LogP contribution in [0, 0.1) is 10.1 Å². The molecule has 0 aromatic heterocycles. The lowest BCUT2D eigenvalue weighted by atomic mass is 9.87. The third kappa shape index (κ3) is 42.7. The van der Waals surface area contributed by atoms with Gasteiger partial charge in [0.1, 0.15) is 22.7 Å². The number of nitro benzene ring substituents is 1. The van der Waals surface area contributed by atoms with Gasteiger partial charge in [-0.1, -0.05) is 205 Å². The molecule has 0 atom stereocenters. The molecule has 12 aromatic rings. The molecule has 0 spiro atoms. The number of nitrogens with zero attached hydrogens (tertiary/aromatic N) is 1. The first kappa shape index (κ1) is 124. The zero-order valence-corrected chi connectivity index (χ0v) is 87.7. The molecule has 41 heteroatoms. The van der Waals surface area contributed by atoms with Crippen LogP contribution in [0.25, 0.3) is 0 Å². The SMILES string of the molecule is C=C(C)C(=O)OCC(F)(F)S(=O)(=O)[O-].C=C(C)C(=O)OCC(F)(F)S(=O)(=O)[O-].C=CC(=O)OCC(F)(F)S(=O)(=O)[O-].C=CC(=O)OCC(F)(F)S(=O)(=O)[O-].CC(C)(C)Oc1ccc([S+](c2ccccc2)c2ccccc2)cc1.CC(C)(C)Oc1ccc([S+](c2ccccc2)c2ccccc2)cc1.CC(C)(C)c1ccc([S+](c2ccccc2)c2ccccc2)cc1.O=[N+]([O-])c1ccc([S+](c2ccccc2)c2ccccc2)cc1. The van der Waals surface area contributed by atoms with E-state index >= 15 is 0 Å². The highest BCUT2D eigenvalue weighted by Gasteiger charge is 2.43. The largest absolute Gasteiger partial charge is 0.743 e. The molecule has 0 aliphatic rings. The second kappa shape index (κ2) is 56.8. The summed E-state index contributed by atoms with van der Waals surface area (Å²) in [4.78, 5) is 67.5. The first-order valence-electron chi connectivity index (χ1n) is 43.3. The highest BCUT2D eigenvalue weighted by atomic mass is 32.2. The second-order valence-corrected chi connectivity index (χ2v) is 47.5. The van der Waals surface area contributed by atoms with E-state index in [9.17, 15) is 116 Å². The Kier molecular flexibility index (Phi) is 48.0. The molecule has 0 unspecified atom stereocenters. The highest BCUT2D eigenvalue weighted by molar-refractivity contribution is 7.98. The van der Waals surface area contributed by atoms with Crippen molar-refractivity contribution in [3.63, 3.8) is 0 Å². The topological polar surface area (TPSA) is 396 Å². The first-order chi connectivity index (χ1) is 68.4. The zero-order valence-electron chi connectivity index (χ0n) is 81.2. The minimum atomic E-state index is -5.81. The average molecular weight is 2190 g/mol. The molecule has 25 nitrogen and oxygen atoms in total. The molecule has 0 saturated carbocycles. The molecule has 0 radical (unpaired) electrons. The minimum absolute atomic E-state index is 0.0497. The Bertz CT molecular complexity index is 6310. The smallest absolute Gasteiger partial charge is 0.367 e. The third-order valence-electron chi connectivity index (χ3n) is 18.0. The van der Waals surface area contributed by atoms with E-state index in [1.807, 2.05) is 48.5 Å². The molecule has 784 valence electrons. The predicted octanol–water partition coefficient (Wildman–Crippen LogP) is 22.9. The van der Waals surface area contributed by atoms with Crippen molar-refractivity contribution in [1.29, 1.82) is 0 Å². The Morgan fingerprint density at radius 2 is 0.469 bits per heavy atom. The number of benzene rings is 12. The number of carbonyl (C=O) groups is 4. The number of halogens is 8. The van der Waals surface area contributed by atoms with Crippen molar-refractivity contribution in [2.24, 2.45) is 0 Å². The number of esters is 4. The molecule has 0 amide bonds. The number of rotatable bonds is 31. The molecule has 0 N–H and O–H groups in total. The van der Waals surface area contributed by atoms with Crippen LogP contribution in [0.2, 0.25) is 0 Å². The van der Waals surface area contributed by atoms with E-state index in [1.165, 1.54) is 73.3 Å². The van der Waals surface area contributed by atoms with Gasteiger partial charge in [-0.3, -0.25) is 10.1 Å². The number of nitro groups is 1. The number of ether oxygens (including phenoxy) is 6. The lowest BCUT2D eigenvalue weighted by Gasteiger charge is -2.21. The monoisotopic (exact) mass is 2190 g/mol. The van der Waals surface area contributed by atoms with E-state index < -0.39 is 112 Å². The minimum Gasteiger partial charge on any atom is -0.743 e. The number of non-ortho nitro benzene ring substituents is 1. The molecule has 0 heterocycles. The van der Waals surface area contributed by atoms with Gasteiger partial charge in [0.2, 0.25) is 0 Å². The Hall–Kier alpha value is -13.0. The van der Waals surface area contributed by atoms with Crippen LogP contribution in [0.3, 0.4) is 0 Å². The van der Waals surface area contributed by atoms with Gasteiger partial charge in [-0.2, -0.15) is 35.1 Å². The Morgan fingerprint density at radius 3 is 0.626 bits per heavy atom. The van der Waals surface area contributed by atoms with Crippen LogP contribution >= 0.6 is 0 Å². The van der Waals surface area contributed by atoms with E-state index in [1.54, 1.807) is 12.1 Å². The van der Waals surface area contributed by atoms with Crippen molar-refractivity contribution < 1.29 is 140 Å². The van der Waals surface area contributed by atoms with Gasteiger partial charge < -0.3 is 46.6 Å². The number of alkyl halides is 8. The van der Waals surface area contributed by atoms with Crippen molar-refractivity contribution in [2.75, 3.05) is 26.4 Å². The predicted molar refractivity (Wildman–Crippen MR) is 545 cm³/mol. The Balaban J connectivity index is 0.000000300. The van der Waals surface area contributed by atoms with Gasteiger partial charge in [-0.15, -0.1) is 0 Å². The van der Waals surface area contributed by atoms with Crippen LogP contribution in [-0.2, 0) is 128 Å². The summed E-state index contributed by atoms with van der Waals surface area (Å²) < 4.78 is 244. The van der Waals surface area contributed by atoms with Crippen LogP contribution in [0.15, 0.2) is 448 Å². The maximum atomic E-state index is 12.3. The average Bonchev–Trinajstić information content (AvgIpc) is 0.814. The molecule has 147 heavy (non-hydrogen) atoms. The lowest BCUT2D eigenvalue weighted by molar-refractivity contribution is -0.384. The summed E-state index contributed by atoms with van der Waals surface area (Å²) in [5.41, 5.74) is 0.980. The number of hydrogen-bond donors (Lipinski definition) is 0. The van der Waals surface area contributed by atoms with E-state index in [0.717, 1.165) is 16.4 Å². The maximum Gasteiger partial charge on any atom is 0.367 e. The van der Waals surface area contributed by atoms with Gasteiger partial charge in [0.05, 0.1) is 48.5 Å². The van der Waals surface area contributed by atoms with Gasteiger partial charge in [-0.25, -0.2) is 52.8 Å². The second-order valence-electron chi connectivity index (χ2n) is 33.3.